The molecule has 0 saturated carbocycles. The molecule has 0 atom stereocenters. The van der Waals surface area contributed by atoms with Crippen LogP contribution in [0.1, 0.15) is 11.1 Å². The summed E-state index contributed by atoms with van der Waals surface area (Å²) in [7, 11) is 0. The molecule has 0 aliphatic heterocycles. The number of carbonyl (C=O) groups is 1. The molecular formula is C10H9NO2. The van der Waals surface area contributed by atoms with Gasteiger partial charge in [-0.05, 0) is 18.1 Å². The lowest BCUT2D eigenvalue weighted by Gasteiger charge is -2.00. The third kappa shape index (κ3) is 2.65. The van der Waals surface area contributed by atoms with Crippen molar-refractivity contribution in [1.82, 2.24) is 0 Å². The van der Waals surface area contributed by atoms with Crippen molar-refractivity contribution in [2.75, 3.05) is 0 Å². The SMILES string of the molecule is Cc1ccccc1CC(=O)N=C=O. The summed E-state index contributed by atoms with van der Waals surface area (Å²) in [5.74, 6) is -0.454. The van der Waals surface area contributed by atoms with Gasteiger partial charge in [-0.25, -0.2) is 4.79 Å². The zero-order valence-corrected chi connectivity index (χ0v) is 7.28. The van der Waals surface area contributed by atoms with Crippen molar-refractivity contribution in [2.45, 2.75) is 13.3 Å². The molecule has 0 radical (unpaired) electrons. The third-order valence-corrected chi connectivity index (χ3v) is 1.77. The summed E-state index contributed by atoms with van der Waals surface area (Å²) in [5.41, 5.74) is 1.92. The van der Waals surface area contributed by atoms with E-state index in [2.05, 4.69) is 4.99 Å². The molecule has 1 aromatic rings. The fourth-order valence-electron chi connectivity index (χ4n) is 1.06. The van der Waals surface area contributed by atoms with Crippen molar-refractivity contribution in [3.05, 3.63) is 35.4 Å². The average Bonchev–Trinajstić information content (AvgIpc) is 2.09. The molecule has 0 aliphatic rings. The Balaban J connectivity index is 2.80. The minimum absolute atomic E-state index is 0.169. The van der Waals surface area contributed by atoms with Gasteiger partial charge in [0.1, 0.15) is 0 Å². The molecule has 1 rings (SSSR count). The highest BCUT2D eigenvalue weighted by Crippen LogP contribution is 2.07. The van der Waals surface area contributed by atoms with Crippen LogP contribution in [0.4, 0.5) is 0 Å². The number of benzene rings is 1. The van der Waals surface area contributed by atoms with Gasteiger partial charge in [-0.15, -0.1) is 4.99 Å². The number of rotatable bonds is 2. The normalized spacial score (nSPS) is 9.00. The Morgan fingerprint density at radius 3 is 2.77 bits per heavy atom. The molecule has 0 bridgehead atoms. The van der Waals surface area contributed by atoms with E-state index >= 15 is 0 Å². The maximum atomic E-state index is 10.9. The van der Waals surface area contributed by atoms with E-state index in [1.165, 1.54) is 6.08 Å². The van der Waals surface area contributed by atoms with Gasteiger partial charge in [0.05, 0.1) is 6.42 Å². The van der Waals surface area contributed by atoms with Gasteiger partial charge in [0.25, 0.3) is 5.91 Å². The minimum atomic E-state index is -0.454. The molecule has 0 aromatic heterocycles. The summed E-state index contributed by atoms with van der Waals surface area (Å²) in [6, 6.07) is 7.49. The third-order valence-electron chi connectivity index (χ3n) is 1.77. The van der Waals surface area contributed by atoms with E-state index in [1.807, 2.05) is 31.2 Å². The van der Waals surface area contributed by atoms with Crippen LogP contribution >= 0.6 is 0 Å². The molecule has 0 saturated heterocycles. The first-order valence-corrected chi connectivity index (χ1v) is 3.89. The fraction of sp³-hybridized carbons (Fsp3) is 0.200. The van der Waals surface area contributed by atoms with Crippen LogP contribution in [0.15, 0.2) is 29.3 Å². The van der Waals surface area contributed by atoms with Crippen molar-refractivity contribution in [1.29, 1.82) is 0 Å². The molecule has 0 spiro atoms. The smallest absolute Gasteiger partial charge is 0.260 e. The van der Waals surface area contributed by atoms with Crippen molar-refractivity contribution in [2.24, 2.45) is 4.99 Å². The summed E-state index contributed by atoms with van der Waals surface area (Å²) in [6.07, 6.45) is 1.40. The topological polar surface area (TPSA) is 46.5 Å². The number of isocyanates is 1. The second-order valence-corrected chi connectivity index (χ2v) is 2.70. The first kappa shape index (κ1) is 9.36. The van der Waals surface area contributed by atoms with Crippen LogP contribution in [0, 0.1) is 6.92 Å². The molecule has 1 aromatic carbocycles. The second-order valence-electron chi connectivity index (χ2n) is 2.70. The maximum Gasteiger partial charge on any atom is 0.260 e. The maximum absolute atomic E-state index is 10.9. The van der Waals surface area contributed by atoms with Crippen LogP contribution < -0.4 is 0 Å². The molecule has 0 aliphatic carbocycles. The molecule has 3 heteroatoms. The summed E-state index contributed by atoms with van der Waals surface area (Å²) >= 11 is 0. The molecule has 0 unspecified atom stereocenters. The van der Waals surface area contributed by atoms with E-state index in [0.29, 0.717) is 0 Å². The molecule has 0 N–H and O–H groups in total. The highest BCUT2D eigenvalue weighted by molar-refractivity contribution is 5.83. The zero-order valence-electron chi connectivity index (χ0n) is 7.28. The number of amides is 1. The van der Waals surface area contributed by atoms with Gasteiger partial charge in [-0.1, -0.05) is 24.3 Å². The molecule has 3 nitrogen and oxygen atoms in total. The first-order valence-electron chi connectivity index (χ1n) is 3.89. The Morgan fingerprint density at radius 1 is 1.46 bits per heavy atom. The zero-order chi connectivity index (χ0) is 9.68. The van der Waals surface area contributed by atoms with E-state index in [4.69, 9.17) is 0 Å². The minimum Gasteiger partial charge on any atom is -0.271 e. The van der Waals surface area contributed by atoms with E-state index in [1.54, 1.807) is 0 Å². The van der Waals surface area contributed by atoms with E-state index in [0.717, 1.165) is 11.1 Å². The monoisotopic (exact) mass is 175 g/mol. The van der Waals surface area contributed by atoms with E-state index < -0.39 is 5.91 Å². The van der Waals surface area contributed by atoms with Gasteiger partial charge in [0, 0.05) is 0 Å². The Hall–Kier alpha value is -1.73. The summed E-state index contributed by atoms with van der Waals surface area (Å²) in [4.78, 5) is 23.7. The van der Waals surface area contributed by atoms with Crippen LogP contribution in [0.2, 0.25) is 0 Å². The number of hydrogen-bond donors (Lipinski definition) is 0. The summed E-state index contributed by atoms with van der Waals surface area (Å²) < 4.78 is 0. The summed E-state index contributed by atoms with van der Waals surface area (Å²) in [5, 5.41) is 0. The van der Waals surface area contributed by atoms with Gasteiger partial charge in [0.15, 0.2) is 0 Å². The molecule has 1 amide bonds. The number of nitrogens with zero attached hydrogens (tertiary/aromatic N) is 1. The molecule has 13 heavy (non-hydrogen) atoms. The molecule has 66 valence electrons. The van der Waals surface area contributed by atoms with Gasteiger partial charge in [-0.3, -0.25) is 4.79 Å². The molecular weight excluding hydrogens is 166 g/mol. The Kier molecular flexibility index (Phi) is 3.12. The predicted molar refractivity (Wildman–Crippen MR) is 48.0 cm³/mol. The number of aliphatic imine (C=N–C) groups is 1. The lowest BCUT2D eigenvalue weighted by molar-refractivity contribution is -0.117. The van der Waals surface area contributed by atoms with E-state index in [-0.39, 0.29) is 6.42 Å². The van der Waals surface area contributed by atoms with Crippen molar-refractivity contribution in [3.8, 4) is 0 Å². The quantitative estimate of drug-likeness (QED) is 0.503. The first-order chi connectivity index (χ1) is 6.24. The highest BCUT2D eigenvalue weighted by atomic mass is 16.2. The predicted octanol–water partition coefficient (Wildman–Crippen LogP) is 1.40. The lowest BCUT2D eigenvalue weighted by atomic mass is 10.1. The van der Waals surface area contributed by atoms with Crippen LogP contribution in [0.25, 0.3) is 0 Å². The van der Waals surface area contributed by atoms with Crippen molar-refractivity contribution >= 4 is 12.0 Å². The van der Waals surface area contributed by atoms with Gasteiger partial charge < -0.3 is 0 Å². The highest BCUT2D eigenvalue weighted by Gasteiger charge is 2.02. The van der Waals surface area contributed by atoms with Gasteiger partial charge in [-0.2, -0.15) is 0 Å². The Bertz CT molecular complexity index is 365. The second kappa shape index (κ2) is 4.33. The van der Waals surface area contributed by atoms with E-state index in [9.17, 15) is 9.59 Å². The summed E-state index contributed by atoms with van der Waals surface area (Å²) in [6.45, 7) is 1.91. The average molecular weight is 175 g/mol. The van der Waals surface area contributed by atoms with Crippen LogP contribution in [0.3, 0.4) is 0 Å². The largest absolute Gasteiger partial charge is 0.271 e. The van der Waals surface area contributed by atoms with Crippen LogP contribution in [-0.2, 0) is 16.0 Å². The number of hydrogen-bond acceptors (Lipinski definition) is 2. The fourth-order valence-corrected chi connectivity index (χ4v) is 1.06. The Morgan fingerprint density at radius 2 is 2.15 bits per heavy atom. The van der Waals surface area contributed by atoms with Gasteiger partial charge in [0.2, 0.25) is 6.08 Å². The van der Waals surface area contributed by atoms with Crippen molar-refractivity contribution < 1.29 is 9.59 Å². The lowest BCUT2D eigenvalue weighted by Crippen LogP contribution is -1.99. The number of aryl methyl sites for hydroxylation is 1. The van der Waals surface area contributed by atoms with Crippen LogP contribution in [0.5, 0.6) is 0 Å². The Labute approximate surface area is 76.1 Å². The molecule has 0 heterocycles. The van der Waals surface area contributed by atoms with Crippen LogP contribution in [-0.4, -0.2) is 12.0 Å². The number of carbonyl (C=O) groups excluding carboxylic acids is 2. The van der Waals surface area contributed by atoms with Gasteiger partial charge >= 0.3 is 0 Å². The standard InChI is InChI=1S/C10H9NO2/c1-8-4-2-3-5-9(8)6-10(13)11-7-12/h2-5H,6H2,1H3. The molecule has 0 fully saturated rings. The van der Waals surface area contributed by atoms with Crippen molar-refractivity contribution in [3.63, 3.8) is 0 Å².